The van der Waals surface area contributed by atoms with Gasteiger partial charge in [-0.3, -0.25) is 0 Å². The lowest BCUT2D eigenvalue weighted by Gasteiger charge is -2.41. The van der Waals surface area contributed by atoms with Gasteiger partial charge in [-0.15, -0.1) is 12.4 Å². The predicted molar refractivity (Wildman–Crippen MR) is 80.4 cm³/mol. The van der Waals surface area contributed by atoms with Crippen LogP contribution in [-0.4, -0.2) is 19.0 Å². The molecule has 1 aromatic carbocycles. The third-order valence-corrected chi connectivity index (χ3v) is 4.61. The number of hydrogen-bond donors (Lipinski definition) is 1. The van der Waals surface area contributed by atoms with Gasteiger partial charge in [0.05, 0.1) is 13.2 Å². The lowest BCUT2D eigenvalue weighted by molar-refractivity contribution is -0.185. The molecule has 2 N–H and O–H groups in total. The second-order valence-corrected chi connectivity index (χ2v) is 6.19. The van der Waals surface area contributed by atoms with Crippen LogP contribution in [0.25, 0.3) is 0 Å². The summed E-state index contributed by atoms with van der Waals surface area (Å²) in [6.45, 7) is 1.43. The molecule has 0 bridgehead atoms. The highest BCUT2D eigenvalue weighted by atomic mass is 79.9. The maximum atomic E-state index is 6.57. The molecule has 0 unspecified atom stereocenters. The van der Waals surface area contributed by atoms with Crippen LogP contribution in [0.15, 0.2) is 28.7 Å². The fourth-order valence-electron chi connectivity index (χ4n) is 2.95. The largest absolute Gasteiger partial charge is 0.348 e. The Morgan fingerprint density at radius 1 is 1.05 bits per heavy atom. The number of ether oxygens (including phenoxy) is 2. The van der Waals surface area contributed by atoms with E-state index in [9.17, 15) is 0 Å². The smallest absolute Gasteiger partial charge is 0.168 e. The van der Waals surface area contributed by atoms with Crippen molar-refractivity contribution in [2.75, 3.05) is 13.2 Å². The van der Waals surface area contributed by atoms with Crippen molar-refractivity contribution in [3.05, 3.63) is 34.3 Å². The van der Waals surface area contributed by atoms with Gasteiger partial charge in [-0.1, -0.05) is 28.1 Å². The average molecular weight is 349 g/mol. The van der Waals surface area contributed by atoms with Gasteiger partial charge >= 0.3 is 0 Å². The van der Waals surface area contributed by atoms with Crippen LogP contribution in [0.4, 0.5) is 0 Å². The topological polar surface area (TPSA) is 44.5 Å². The van der Waals surface area contributed by atoms with E-state index in [0.29, 0.717) is 13.2 Å². The van der Waals surface area contributed by atoms with E-state index >= 15 is 0 Å². The van der Waals surface area contributed by atoms with Crippen molar-refractivity contribution >= 4 is 28.3 Å². The minimum absolute atomic E-state index is 0. The number of halogens is 2. The van der Waals surface area contributed by atoms with Crippen LogP contribution < -0.4 is 5.73 Å². The van der Waals surface area contributed by atoms with E-state index in [1.54, 1.807) is 0 Å². The van der Waals surface area contributed by atoms with Gasteiger partial charge in [-0.05, 0) is 30.5 Å². The molecule has 106 valence electrons. The number of hydrogen-bond acceptors (Lipinski definition) is 3. The SMILES string of the molecule is Cl.NC1(c2cccc(Br)c2)CCC2(CC1)OCCO2. The second kappa shape index (κ2) is 5.70. The van der Waals surface area contributed by atoms with Crippen LogP contribution in [0.5, 0.6) is 0 Å². The van der Waals surface area contributed by atoms with Gasteiger partial charge in [0.25, 0.3) is 0 Å². The van der Waals surface area contributed by atoms with Gasteiger partial charge in [0.15, 0.2) is 5.79 Å². The van der Waals surface area contributed by atoms with Crippen molar-refractivity contribution < 1.29 is 9.47 Å². The van der Waals surface area contributed by atoms with Gasteiger partial charge in [0.1, 0.15) is 0 Å². The van der Waals surface area contributed by atoms with Crippen LogP contribution in [-0.2, 0) is 15.0 Å². The van der Waals surface area contributed by atoms with Crippen LogP contribution in [0.1, 0.15) is 31.2 Å². The Hall–Kier alpha value is -0.130. The lowest BCUT2D eigenvalue weighted by Crippen LogP contribution is -2.47. The third kappa shape index (κ3) is 2.98. The first-order valence-corrected chi connectivity index (χ1v) is 7.24. The predicted octanol–water partition coefficient (Wildman–Crippen LogP) is 3.34. The zero-order valence-corrected chi connectivity index (χ0v) is 13.1. The van der Waals surface area contributed by atoms with Crippen LogP contribution in [0.3, 0.4) is 0 Å². The molecule has 3 nitrogen and oxygen atoms in total. The standard InChI is InChI=1S/C14H18BrNO2.ClH/c15-12-3-1-2-11(10-12)13(16)4-6-14(7-5-13)17-8-9-18-14;/h1-3,10H,4-9,16H2;1H. The molecular weight excluding hydrogens is 330 g/mol. The number of benzene rings is 1. The highest BCUT2D eigenvalue weighted by molar-refractivity contribution is 9.10. The van der Waals surface area contributed by atoms with Crippen LogP contribution in [0.2, 0.25) is 0 Å². The Bertz CT molecular complexity index is 439. The highest BCUT2D eigenvalue weighted by Gasteiger charge is 2.45. The van der Waals surface area contributed by atoms with Crippen molar-refractivity contribution in [2.24, 2.45) is 5.73 Å². The molecule has 2 fully saturated rings. The number of rotatable bonds is 1. The fraction of sp³-hybridized carbons (Fsp3) is 0.571. The maximum absolute atomic E-state index is 6.57. The molecule has 0 aromatic heterocycles. The summed E-state index contributed by atoms with van der Waals surface area (Å²) in [5.41, 5.74) is 7.52. The van der Waals surface area contributed by atoms with E-state index in [1.807, 2.05) is 12.1 Å². The molecule has 1 aliphatic carbocycles. The minimum Gasteiger partial charge on any atom is -0.348 e. The molecule has 1 aliphatic heterocycles. The Morgan fingerprint density at radius 2 is 1.68 bits per heavy atom. The first-order valence-electron chi connectivity index (χ1n) is 6.45. The zero-order chi connectivity index (χ0) is 12.6. The van der Waals surface area contributed by atoms with E-state index in [0.717, 1.165) is 30.2 Å². The van der Waals surface area contributed by atoms with Crippen molar-refractivity contribution in [3.63, 3.8) is 0 Å². The van der Waals surface area contributed by atoms with E-state index in [1.165, 1.54) is 5.56 Å². The molecule has 1 saturated carbocycles. The van der Waals surface area contributed by atoms with Gasteiger partial charge in [-0.25, -0.2) is 0 Å². The first kappa shape index (κ1) is 15.3. The Kier molecular flexibility index (Phi) is 4.58. The minimum atomic E-state index is -0.338. The maximum Gasteiger partial charge on any atom is 0.168 e. The third-order valence-electron chi connectivity index (χ3n) is 4.12. The van der Waals surface area contributed by atoms with Crippen molar-refractivity contribution in [1.29, 1.82) is 0 Å². The van der Waals surface area contributed by atoms with Gasteiger partial charge in [0.2, 0.25) is 0 Å². The summed E-state index contributed by atoms with van der Waals surface area (Å²) in [6.07, 6.45) is 3.58. The van der Waals surface area contributed by atoms with Gasteiger partial charge < -0.3 is 15.2 Å². The molecule has 0 atom stereocenters. The molecular formula is C14H19BrClNO2. The van der Waals surface area contributed by atoms with Crippen LogP contribution >= 0.6 is 28.3 Å². The molecule has 1 aromatic rings. The molecule has 19 heavy (non-hydrogen) atoms. The molecule has 0 radical (unpaired) electrons. The van der Waals surface area contributed by atoms with E-state index < -0.39 is 0 Å². The normalized spacial score (nSPS) is 24.1. The molecule has 3 rings (SSSR count). The highest BCUT2D eigenvalue weighted by Crippen LogP contribution is 2.43. The molecule has 5 heteroatoms. The van der Waals surface area contributed by atoms with Gasteiger partial charge in [-0.2, -0.15) is 0 Å². The summed E-state index contributed by atoms with van der Waals surface area (Å²) in [5.74, 6) is -0.338. The zero-order valence-electron chi connectivity index (χ0n) is 10.7. The Morgan fingerprint density at radius 3 is 2.26 bits per heavy atom. The summed E-state index contributed by atoms with van der Waals surface area (Å²) in [7, 11) is 0. The fourth-order valence-corrected chi connectivity index (χ4v) is 3.35. The van der Waals surface area contributed by atoms with Gasteiger partial charge in [0, 0.05) is 22.9 Å². The lowest BCUT2D eigenvalue weighted by atomic mass is 9.75. The Labute approximate surface area is 128 Å². The summed E-state index contributed by atoms with van der Waals surface area (Å²) in [4.78, 5) is 0. The molecule has 2 aliphatic rings. The summed E-state index contributed by atoms with van der Waals surface area (Å²) in [6, 6.07) is 8.30. The van der Waals surface area contributed by atoms with Crippen molar-refractivity contribution in [3.8, 4) is 0 Å². The van der Waals surface area contributed by atoms with Crippen LogP contribution in [0, 0.1) is 0 Å². The van der Waals surface area contributed by atoms with E-state index in [2.05, 4.69) is 28.1 Å². The second-order valence-electron chi connectivity index (χ2n) is 5.27. The summed E-state index contributed by atoms with van der Waals surface area (Å²) in [5, 5.41) is 0. The number of nitrogens with two attached hydrogens (primary N) is 1. The first-order chi connectivity index (χ1) is 8.62. The Balaban J connectivity index is 0.00000133. The summed E-state index contributed by atoms with van der Waals surface area (Å²) >= 11 is 3.51. The van der Waals surface area contributed by atoms with Crippen molar-refractivity contribution in [1.82, 2.24) is 0 Å². The molecule has 0 amide bonds. The van der Waals surface area contributed by atoms with Crippen molar-refractivity contribution in [2.45, 2.75) is 37.0 Å². The molecule has 1 heterocycles. The van der Waals surface area contributed by atoms with E-state index in [-0.39, 0.29) is 23.7 Å². The van der Waals surface area contributed by atoms with E-state index in [4.69, 9.17) is 15.2 Å². The molecule has 1 spiro atoms. The average Bonchev–Trinajstić information content (AvgIpc) is 2.83. The summed E-state index contributed by atoms with van der Waals surface area (Å²) < 4.78 is 12.6. The monoisotopic (exact) mass is 347 g/mol. The quantitative estimate of drug-likeness (QED) is 0.846. The molecule has 1 saturated heterocycles.